The molecule has 1 aliphatic rings. The summed E-state index contributed by atoms with van der Waals surface area (Å²) < 4.78 is 5.52. The number of morpholine rings is 1. The number of nitrogens with zero attached hydrogens (tertiary/aromatic N) is 3. The minimum atomic E-state index is 0.270. The van der Waals surface area contributed by atoms with E-state index < -0.39 is 0 Å². The molecule has 0 aliphatic carbocycles. The Morgan fingerprint density at radius 3 is 3.00 bits per heavy atom. The quantitative estimate of drug-likeness (QED) is 0.796. The molecule has 1 aliphatic heterocycles. The molecule has 2 heterocycles. The molecule has 1 aromatic rings. The zero-order valence-corrected chi connectivity index (χ0v) is 11.2. The van der Waals surface area contributed by atoms with Crippen molar-refractivity contribution >= 4 is 5.82 Å². The third-order valence-electron chi connectivity index (χ3n) is 2.99. The van der Waals surface area contributed by atoms with E-state index in [2.05, 4.69) is 34.0 Å². The monoisotopic (exact) mass is 250 g/mol. The molecule has 1 unspecified atom stereocenters. The van der Waals surface area contributed by atoms with Crippen molar-refractivity contribution in [2.24, 2.45) is 0 Å². The molecule has 1 atom stereocenters. The molecule has 1 aromatic heterocycles. The van der Waals surface area contributed by atoms with Gasteiger partial charge in [-0.2, -0.15) is 0 Å². The highest BCUT2D eigenvalue weighted by Crippen LogP contribution is 2.13. The van der Waals surface area contributed by atoms with Crippen LogP contribution < -0.4 is 10.2 Å². The lowest BCUT2D eigenvalue weighted by atomic mass is 10.3. The van der Waals surface area contributed by atoms with Crippen LogP contribution in [0.15, 0.2) is 12.4 Å². The van der Waals surface area contributed by atoms with Gasteiger partial charge in [-0.15, -0.1) is 0 Å². The Hall–Kier alpha value is -1.20. The van der Waals surface area contributed by atoms with Crippen molar-refractivity contribution in [3.05, 3.63) is 18.1 Å². The fourth-order valence-electron chi connectivity index (χ4n) is 2.02. The van der Waals surface area contributed by atoms with E-state index in [9.17, 15) is 0 Å². The Bertz CT molecular complexity index is 355. The summed E-state index contributed by atoms with van der Waals surface area (Å²) in [6.45, 7) is 8.60. The second-order valence-electron chi connectivity index (χ2n) is 4.67. The van der Waals surface area contributed by atoms with E-state index in [0.717, 1.165) is 50.7 Å². The average molecular weight is 250 g/mol. The predicted octanol–water partition coefficient (Wildman–Crippen LogP) is 1.20. The van der Waals surface area contributed by atoms with Crippen LogP contribution in [0.4, 0.5) is 5.82 Å². The summed E-state index contributed by atoms with van der Waals surface area (Å²) in [5.74, 6) is 0.949. The molecule has 0 aromatic carbocycles. The second-order valence-corrected chi connectivity index (χ2v) is 4.67. The van der Waals surface area contributed by atoms with Gasteiger partial charge in [0.25, 0.3) is 0 Å². The highest BCUT2D eigenvalue weighted by Gasteiger charge is 2.17. The molecular formula is C13H22N4O. The summed E-state index contributed by atoms with van der Waals surface area (Å²) in [7, 11) is 0. The van der Waals surface area contributed by atoms with Crippen molar-refractivity contribution in [3.63, 3.8) is 0 Å². The van der Waals surface area contributed by atoms with Gasteiger partial charge in [0, 0.05) is 19.6 Å². The molecule has 0 spiro atoms. The minimum absolute atomic E-state index is 0.270. The first-order valence-electron chi connectivity index (χ1n) is 6.67. The SMILES string of the molecule is CCCNCc1cnc(N2CCOC(C)C2)cn1. The standard InChI is InChI=1S/C13H22N4O/c1-3-4-14-7-12-8-16-13(9-15-12)17-5-6-18-11(2)10-17/h8-9,11,14H,3-7,10H2,1-2H3. The van der Waals surface area contributed by atoms with Gasteiger partial charge in [-0.1, -0.05) is 6.92 Å². The summed E-state index contributed by atoms with van der Waals surface area (Å²) in [6, 6.07) is 0. The topological polar surface area (TPSA) is 50.3 Å². The van der Waals surface area contributed by atoms with Crippen LogP contribution in [-0.2, 0) is 11.3 Å². The predicted molar refractivity (Wildman–Crippen MR) is 71.7 cm³/mol. The molecule has 1 fully saturated rings. The van der Waals surface area contributed by atoms with Crippen molar-refractivity contribution < 1.29 is 4.74 Å². The Kier molecular flexibility index (Phi) is 4.90. The van der Waals surface area contributed by atoms with E-state index in [1.54, 1.807) is 0 Å². The number of hydrogen-bond acceptors (Lipinski definition) is 5. The Morgan fingerprint density at radius 2 is 2.33 bits per heavy atom. The first kappa shape index (κ1) is 13.2. The van der Waals surface area contributed by atoms with Gasteiger partial charge in [-0.25, -0.2) is 4.98 Å². The maximum atomic E-state index is 5.52. The number of nitrogens with one attached hydrogen (secondary N) is 1. The van der Waals surface area contributed by atoms with Gasteiger partial charge in [0.15, 0.2) is 0 Å². The van der Waals surface area contributed by atoms with Crippen LogP contribution in [-0.4, -0.2) is 42.3 Å². The van der Waals surface area contributed by atoms with E-state index in [1.807, 2.05) is 12.4 Å². The van der Waals surface area contributed by atoms with Crippen LogP contribution in [0.5, 0.6) is 0 Å². The maximum absolute atomic E-state index is 5.52. The third kappa shape index (κ3) is 3.65. The molecule has 1 saturated heterocycles. The lowest BCUT2D eigenvalue weighted by Crippen LogP contribution is -2.41. The molecule has 5 heteroatoms. The number of ether oxygens (including phenoxy) is 1. The number of aromatic nitrogens is 2. The summed E-state index contributed by atoms with van der Waals surface area (Å²) in [5, 5.41) is 3.32. The molecule has 0 bridgehead atoms. The van der Waals surface area contributed by atoms with Crippen molar-refractivity contribution in [2.75, 3.05) is 31.1 Å². The van der Waals surface area contributed by atoms with E-state index in [4.69, 9.17) is 4.74 Å². The van der Waals surface area contributed by atoms with E-state index in [1.165, 1.54) is 0 Å². The van der Waals surface area contributed by atoms with Crippen molar-refractivity contribution in [2.45, 2.75) is 32.9 Å². The van der Waals surface area contributed by atoms with Crippen LogP contribution in [0.3, 0.4) is 0 Å². The van der Waals surface area contributed by atoms with Gasteiger partial charge in [0.05, 0.1) is 30.8 Å². The molecule has 0 amide bonds. The lowest BCUT2D eigenvalue weighted by Gasteiger charge is -2.31. The molecule has 0 saturated carbocycles. The Morgan fingerprint density at radius 1 is 1.44 bits per heavy atom. The third-order valence-corrected chi connectivity index (χ3v) is 2.99. The normalized spacial score (nSPS) is 20.1. The van der Waals surface area contributed by atoms with Crippen molar-refractivity contribution in [1.82, 2.24) is 15.3 Å². The fraction of sp³-hybridized carbons (Fsp3) is 0.692. The Balaban J connectivity index is 1.90. The zero-order chi connectivity index (χ0) is 12.8. The molecule has 2 rings (SSSR count). The van der Waals surface area contributed by atoms with Gasteiger partial charge in [-0.3, -0.25) is 4.98 Å². The second kappa shape index (κ2) is 6.66. The first-order chi connectivity index (χ1) is 8.79. The van der Waals surface area contributed by atoms with Gasteiger partial charge in [0.2, 0.25) is 0 Å². The molecule has 18 heavy (non-hydrogen) atoms. The van der Waals surface area contributed by atoms with Crippen LogP contribution >= 0.6 is 0 Å². The maximum Gasteiger partial charge on any atom is 0.147 e. The van der Waals surface area contributed by atoms with Gasteiger partial charge in [0.1, 0.15) is 5.82 Å². The van der Waals surface area contributed by atoms with E-state index in [-0.39, 0.29) is 6.10 Å². The van der Waals surface area contributed by atoms with Gasteiger partial charge < -0.3 is 15.0 Å². The summed E-state index contributed by atoms with van der Waals surface area (Å²) in [6.07, 6.45) is 5.13. The van der Waals surface area contributed by atoms with E-state index in [0.29, 0.717) is 0 Å². The van der Waals surface area contributed by atoms with Crippen LogP contribution in [0.2, 0.25) is 0 Å². The number of anilines is 1. The highest BCUT2D eigenvalue weighted by atomic mass is 16.5. The van der Waals surface area contributed by atoms with Crippen LogP contribution in [0.1, 0.15) is 26.0 Å². The van der Waals surface area contributed by atoms with Crippen molar-refractivity contribution in [1.29, 1.82) is 0 Å². The largest absolute Gasteiger partial charge is 0.375 e. The van der Waals surface area contributed by atoms with E-state index >= 15 is 0 Å². The fourth-order valence-corrected chi connectivity index (χ4v) is 2.02. The first-order valence-corrected chi connectivity index (χ1v) is 6.67. The lowest BCUT2D eigenvalue weighted by molar-refractivity contribution is 0.0529. The summed E-state index contributed by atoms with van der Waals surface area (Å²) in [5.41, 5.74) is 0.994. The zero-order valence-electron chi connectivity index (χ0n) is 11.2. The average Bonchev–Trinajstić information content (AvgIpc) is 2.40. The smallest absolute Gasteiger partial charge is 0.147 e. The van der Waals surface area contributed by atoms with Crippen LogP contribution in [0.25, 0.3) is 0 Å². The number of rotatable bonds is 5. The highest BCUT2D eigenvalue weighted by molar-refractivity contribution is 5.36. The van der Waals surface area contributed by atoms with Gasteiger partial charge in [-0.05, 0) is 19.9 Å². The van der Waals surface area contributed by atoms with Gasteiger partial charge >= 0.3 is 0 Å². The molecule has 5 nitrogen and oxygen atoms in total. The minimum Gasteiger partial charge on any atom is -0.375 e. The molecule has 0 radical (unpaired) electrons. The molecule has 1 N–H and O–H groups in total. The van der Waals surface area contributed by atoms with Crippen LogP contribution in [0, 0.1) is 0 Å². The molecular weight excluding hydrogens is 228 g/mol. The van der Waals surface area contributed by atoms with Crippen molar-refractivity contribution in [3.8, 4) is 0 Å². The summed E-state index contributed by atoms with van der Waals surface area (Å²) in [4.78, 5) is 11.2. The number of hydrogen-bond donors (Lipinski definition) is 1. The summed E-state index contributed by atoms with van der Waals surface area (Å²) >= 11 is 0. The molecule has 100 valence electrons. The Labute approximate surface area is 109 Å².